The fraction of sp³-hybridized carbons (Fsp3) is 0.350. The molecule has 2 aliphatic rings. The number of amides is 1. The third-order valence-corrected chi connectivity index (χ3v) is 5.79. The zero-order valence-corrected chi connectivity index (χ0v) is 17.0. The largest absolute Gasteiger partial charge is 0.416 e. The van der Waals surface area contributed by atoms with Crippen molar-refractivity contribution in [1.82, 2.24) is 40.6 Å². The lowest BCUT2D eigenvalue weighted by Crippen LogP contribution is -2.37. The van der Waals surface area contributed by atoms with Crippen molar-refractivity contribution >= 4 is 11.9 Å². The molecule has 32 heavy (non-hydrogen) atoms. The number of rotatable bonds is 5. The Morgan fingerprint density at radius 1 is 1.16 bits per heavy atom. The average molecular weight is 433 g/mol. The van der Waals surface area contributed by atoms with E-state index in [1.165, 1.54) is 11.1 Å². The number of fused-ring (bicyclic) bond motifs is 2. The van der Waals surface area contributed by atoms with Gasteiger partial charge in [-0.05, 0) is 29.1 Å². The van der Waals surface area contributed by atoms with Gasteiger partial charge in [-0.2, -0.15) is 4.98 Å². The van der Waals surface area contributed by atoms with Crippen LogP contribution in [-0.4, -0.2) is 59.1 Å². The number of nitrogens with one attached hydrogen (secondary N) is 2. The smallest absolute Gasteiger partial charge is 0.317 e. The molecule has 12 nitrogen and oxygen atoms in total. The first-order valence-electron chi connectivity index (χ1n) is 10.4. The lowest BCUT2D eigenvalue weighted by Gasteiger charge is -2.25. The fourth-order valence-corrected chi connectivity index (χ4v) is 4.18. The van der Waals surface area contributed by atoms with Crippen molar-refractivity contribution in [2.75, 3.05) is 11.9 Å². The van der Waals surface area contributed by atoms with E-state index < -0.39 is 0 Å². The van der Waals surface area contributed by atoms with E-state index in [4.69, 9.17) is 8.94 Å². The highest BCUT2D eigenvalue weighted by molar-refractivity contribution is 5.78. The molecule has 1 aliphatic carbocycles. The molecule has 0 unspecified atom stereocenters. The summed E-state index contributed by atoms with van der Waals surface area (Å²) < 4.78 is 10.9. The molecule has 12 heteroatoms. The van der Waals surface area contributed by atoms with Crippen molar-refractivity contribution in [3.63, 3.8) is 0 Å². The van der Waals surface area contributed by atoms with Gasteiger partial charge in [0.2, 0.25) is 11.8 Å². The van der Waals surface area contributed by atoms with Crippen LogP contribution in [0.5, 0.6) is 0 Å². The molecule has 0 saturated heterocycles. The summed E-state index contributed by atoms with van der Waals surface area (Å²) >= 11 is 0. The molecular formula is C20H19N9O3. The van der Waals surface area contributed by atoms with Gasteiger partial charge in [0.15, 0.2) is 0 Å². The van der Waals surface area contributed by atoms with Crippen LogP contribution in [0.25, 0.3) is 11.8 Å². The highest BCUT2D eigenvalue weighted by atomic mass is 16.5. The minimum absolute atomic E-state index is 0.0141. The van der Waals surface area contributed by atoms with E-state index in [1.807, 2.05) is 12.1 Å². The molecule has 1 aromatic carbocycles. The number of hydrogen-bond donors (Lipinski definition) is 2. The summed E-state index contributed by atoms with van der Waals surface area (Å²) in [5.74, 6) is 0.628. The van der Waals surface area contributed by atoms with Gasteiger partial charge in [-0.3, -0.25) is 9.89 Å². The van der Waals surface area contributed by atoms with Crippen LogP contribution in [0.15, 0.2) is 33.2 Å². The molecule has 162 valence electrons. The molecule has 0 atom stereocenters. The van der Waals surface area contributed by atoms with Crippen molar-refractivity contribution in [1.29, 1.82) is 0 Å². The highest BCUT2D eigenvalue weighted by Crippen LogP contribution is 2.25. The van der Waals surface area contributed by atoms with Crippen LogP contribution >= 0.6 is 0 Å². The summed E-state index contributed by atoms with van der Waals surface area (Å²) in [7, 11) is 0. The Balaban J connectivity index is 1.08. The lowest BCUT2D eigenvalue weighted by atomic mass is 10.1. The quantitative estimate of drug-likeness (QED) is 0.465. The zero-order chi connectivity index (χ0) is 21.5. The molecule has 6 rings (SSSR count). The summed E-state index contributed by atoms with van der Waals surface area (Å²) in [6.45, 7) is 0.996. The van der Waals surface area contributed by atoms with E-state index in [1.54, 1.807) is 4.90 Å². The minimum atomic E-state index is -0.123. The molecule has 3 aromatic heterocycles. The minimum Gasteiger partial charge on any atom is -0.416 e. The summed E-state index contributed by atoms with van der Waals surface area (Å²) in [5, 5.41) is 25.8. The van der Waals surface area contributed by atoms with Crippen molar-refractivity contribution in [2.24, 2.45) is 0 Å². The Bertz CT molecular complexity index is 1250. The second-order valence-electron chi connectivity index (χ2n) is 7.92. The second kappa shape index (κ2) is 7.55. The Morgan fingerprint density at radius 3 is 2.84 bits per heavy atom. The van der Waals surface area contributed by atoms with Crippen LogP contribution in [0.2, 0.25) is 0 Å². The van der Waals surface area contributed by atoms with E-state index in [-0.39, 0.29) is 36.0 Å². The van der Waals surface area contributed by atoms with Crippen molar-refractivity contribution in [3.05, 3.63) is 52.7 Å². The Morgan fingerprint density at radius 2 is 2.00 bits per heavy atom. The molecule has 4 heterocycles. The number of benzene rings is 1. The number of carbonyl (C=O) groups is 1. The average Bonchev–Trinajstić information content (AvgIpc) is 3.59. The third kappa shape index (κ3) is 3.49. The molecule has 1 amide bonds. The lowest BCUT2D eigenvalue weighted by molar-refractivity contribution is -0.131. The number of nitrogens with zero attached hydrogens (tertiary/aromatic N) is 7. The molecule has 0 fully saturated rings. The normalized spacial score (nSPS) is 15.6. The van der Waals surface area contributed by atoms with Gasteiger partial charge in [-0.15, -0.1) is 15.3 Å². The molecule has 0 spiro atoms. The van der Waals surface area contributed by atoms with Crippen LogP contribution in [0.4, 0.5) is 5.95 Å². The van der Waals surface area contributed by atoms with E-state index in [2.05, 4.69) is 53.2 Å². The SMILES string of the molecule is O=C(Cc1nnc(-c2nc(NC3Cc4ccccc4C3)no2)o1)N1CCc2[nH]nnc2C1. The molecule has 0 saturated carbocycles. The number of hydrogen-bond acceptors (Lipinski definition) is 10. The second-order valence-corrected chi connectivity index (χ2v) is 7.92. The first kappa shape index (κ1) is 18.7. The summed E-state index contributed by atoms with van der Waals surface area (Å²) in [6.07, 6.45) is 2.48. The maximum Gasteiger partial charge on any atom is 0.317 e. The van der Waals surface area contributed by atoms with Gasteiger partial charge in [0.05, 0.1) is 12.2 Å². The van der Waals surface area contributed by atoms with Gasteiger partial charge in [-0.1, -0.05) is 29.5 Å². The van der Waals surface area contributed by atoms with Crippen LogP contribution in [0, 0.1) is 0 Å². The van der Waals surface area contributed by atoms with E-state index in [0.717, 1.165) is 24.2 Å². The van der Waals surface area contributed by atoms with Gasteiger partial charge >= 0.3 is 11.8 Å². The van der Waals surface area contributed by atoms with Crippen LogP contribution in [0.1, 0.15) is 28.4 Å². The Labute approximate surface area is 181 Å². The fourth-order valence-electron chi connectivity index (χ4n) is 4.18. The maximum atomic E-state index is 12.6. The number of carbonyl (C=O) groups excluding carboxylic acids is 1. The Hall–Kier alpha value is -4.09. The molecule has 4 aromatic rings. The number of aromatic nitrogens is 7. The number of H-pyrrole nitrogens is 1. The molecular weight excluding hydrogens is 414 g/mol. The molecule has 0 bridgehead atoms. The van der Waals surface area contributed by atoms with Gasteiger partial charge < -0.3 is 19.2 Å². The first-order chi connectivity index (χ1) is 15.7. The van der Waals surface area contributed by atoms with Crippen molar-refractivity contribution in [3.8, 4) is 11.8 Å². The van der Waals surface area contributed by atoms with Crippen LogP contribution in [-0.2, 0) is 37.0 Å². The maximum absolute atomic E-state index is 12.6. The van der Waals surface area contributed by atoms with Gasteiger partial charge in [-0.25, -0.2) is 0 Å². The predicted octanol–water partition coefficient (Wildman–Crippen LogP) is 0.944. The predicted molar refractivity (Wildman–Crippen MR) is 108 cm³/mol. The van der Waals surface area contributed by atoms with E-state index in [0.29, 0.717) is 25.5 Å². The van der Waals surface area contributed by atoms with E-state index >= 15 is 0 Å². The zero-order valence-electron chi connectivity index (χ0n) is 17.0. The van der Waals surface area contributed by atoms with Crippen molar-refractivity contribution in [2.45, 2.75) is 38.3 Å². The van der Waals surface area contributed by atoms with Gasteiger partial charge in [0.25, 0.3) is 5.95 Å². The molecule has 2 N–H and O–H groups in total. The monoisotopic (exact) mass is 433 g/mol. The van der Waals surface area contributed by atoms with Crippen LogP contribution < -0.4 is 5.32 Å². The van der Waals surface area contributed by atoms with E-state index in [9.17, 15) is 4.79 Å². The number of anilines is 1. The van der Waals surface area contributed by atoms with Gasteiger partial charge in [0, 0.05) is 19.0 Å². The van der Waals surface area contributed by atoms with Crippen molar-refractivity contribution < 1.29 is 13.7 Å². The standard InChI is InChI=1S/C20H19N9O3/c30-17(29-6-5-14-15(10-29)24-28-23-14)9-16-25-26-19(31-16)18-22-20(27-32-18)21-13-7-11-3-1-2-4-12(11)8-13/h1-4,13H,5-10H2,(H,21,27)(H,23,24,28). The summed E-state index contributed by atoms with van der Waals surface area (Å²) in [6, 6.07) is 8.55. The topological polar surface area (TPSA) is 152 Å². The summed E-state index contributed by atoms with van der Waals surface area (Å²) in [4.78, 5) is 18.6. The molecule has 0 radical (unpaired) electrons. The molecule has 1 aliphatic heterocycles. The summed E-state index contributed by atoms with van der Waals surface area (Å²) in [5.41, 5.74) is 4.41. The first-order valence-corrected chi connectivity index (χ1v) is 10.4. The number of aromatic amines is 1. The Kier molecular flexibility index (Phi) is 4.40. The third-order valence-electron chi connectivity index (χ3n) is 5.79. The van der Waals surface area contributed by atoms with Crippen LogP contribution in [0.3, 0.4) is 0 Å². The van der Waals surface area contributed by atoms with Gasteiger partial charge in [0.1, 0.15) is 12.1 Å². The highest BCUT2D eigenvalue weighted by Gasteiger charge is 2.26.